The Morgan fingerprint density at radius 1 is 0.307 bits per heavy atom. The standard InChI is InChI=1S/C10H22N2.2C9H20N2.3C9H19N.2C8H18N2.C6H11F2N.C6H14N2/c1-9(2)11-5-7-12(8-6-11)10(3)4;1-8(2)11-6-5-9(7-11)10(3)4;1-4-10-5-7-11(8-6-10)9(2)3;1-7(2)9-5-10(6-9)8(3)4;1-8(2)9-4-6-10(3)7-5-9;1-4-9-5-6-10(7-9)8(2)3;2*1-8(2)10-6-4-9(3)5-7-10;1-5(2)9-3-6(7,8)4-9;1-6(2)8-4-7(3)5-8/h9-10H,5-8H2,1-4H3;8-9H,5-7H2,1-4H3;9H,4-8H2,1-3H3;7-9H,5-6H2,1-4H3;2*8-9H,4-7H2,1-3H3;2*8H,4-7H2,1-3H3;5H,3-4H2,1-2H3;6H,4-5H2,1-3H3. The lowest BCUT2D eigenvalue weighted by Crippen LogP contribution is -2.58. The van der Waals surface area contributed by atoms with Gasteiger partial charge in [0, 0.05) is 204 Å². The molecule has 0 amide bonds. The van der Waals surface area contributed by atoms with Gasteiger partial charge in [-0.05, 0) is 262 Å². The number of likely N-dealkylation sites (N-methyl/N-ethyl adjacent to an activating group) is 4. The van der Waals surface area contributed by atoms with Crippen LogP contribution < -0.4 is 0 Å². The quantitative estimate of drug-likeness (QED) is 0.156. The Kier molecular flexibility index (Phi) is 50.9. The van der Waals surface area contributed by atoms with Crippen molar-refractivity contribution in [3.05, 3.63) is 0 Å². The molecular weight excluding hydrogens is 1260 g/mol. The van der Waals surface area contributed by atoms with Crippen LogP contribution in [0.5, 0.6) is 0 Å². The summed E-state index contributed by atoms with van der Waals surface area (Å²) in [6.07, 6.45) is 6.95. The van der Waals surface area contributed by atoms with Crippen LogP contribution in [0, 0.1) is 29.6 Å². The maximum absolute atomic E-state index is 12.1. The lowest BCUT2D eigenvalue weighted by Gasteiger charge is -2.44. The fourth-order valence-electron chi connectivity index (χ4n) is 14.3. The molecule has 16 nitrogen and oxygen atoms in total. The minimum Gasteiger partial charge on any atom is -0.306 e. The Balaban J connectivity index is 0.000000562. The second-order valence-electron chi connectivity index (χ2n) is 35.9. The van der Waals surface area contributed by atoms with Crippen molar-refractivity contribution >= 4 is 0 Å². The van der Waals surface area contributed by atoms with Gasteiger partial charge >= 0.3 is 0 Å². The number of rotatable bonds is 15. The van der Waals surface area contributed by atoms with Gasteiger partial charge < -0.3 is 34.3 Å². The van der Waals surface area contributed by atoms with Crippen molar-refractivity contribution in [1.82, 2.24) is 78.4 Å². The molecule has 606 valence electrons. The van der Waals surface area contributed by atoms with E-state index in [0.29, 0.717) is 0 Å². The van der Waals surface area contributed by atoms with Crippen LogP contribution in [-0.2, 0) is 0 Å². The number of piperazine rings is 4. The van der Waals surface area contributed by atoms with Gasteiger partial charge in [0.15, 0.2) is 0 Å². The van der Waals surface area contributed by atoms with Crippen LogP contribution in [0.3, 0.4) is 0 Å². The lowest BCUT2D eigenvalue weighted by atomic mass is 9.87. The van der Waals surface area contributed by atoms with Crippen LogP contribution in [0.2, 0.25) is 0 Å². The summed E-state index contributed by atoms with van der Waals surface area (Å²) < 4.78 is 24.2. The third kappa shape index (κ3) is 42.1. The smallest absolute Gasteiger partial charge is 0.272 e. The predicted molar refractivity (Wildman–Crippen MR) is 441 cm³/mol. The Hall–Kier alpha value is -0.780. The number of piperidine rings is 1. The third-order valence-corrected chi connectivity index (χ3v) is 23.7. The molecule has 0 saturated carbocycles. The van der Waals surface area contributed by atoms with Crippen LogP contribution in [-0.4, -0.2) is 383 Å². The predicted octanol–water partition coefficient (Wildman–Crippen LogP) is 12.8. The fraction of sp³-hybridized carbons (Fsp3) is 1.00. The van der Waals surface area contributed by atoms with E-state index in [1.54, 1.807) is 4.90 Å². The van der Waals surface area contributed by atoms with Crippen molar-refractivity contribution in [3.8, 4) is 0 Å². The third-order valence-electron chi connectivity index (χ3n) is 23.7. The van der Waals surface area contributed by atoms with Gasteiger partial charge in [-0.15, -0.1) is 0 Å². The highest BCUT2D eigenvalue weighted by atomic mass is 19.3. The molecule has 10 saturated heterocycles. The lowest BCUT2D eigenvalue weighted by molar-refractivity contribution is -0.141. The maximum Gasteiger partial charge on any atom is 0.272 e. The first-order valence-corrected chi connectivity index (χ1v) is 42.0. The molecule has 0 spiro atoms. The second kappa shape index (κ2) is 52.4. The largest absolute Gasteiger partial charge is 0.306 e. The van der Waals surface area contributed by atoms with Crippen LogP contribution >= 0.6 is 0 Å². The molecule has 0 N–H and O–H groups in total. The number of nitrogens with zero attached hydrogens (tertiary/aromatic N) is 16. The van der Waals surface area contributed by atoms with Gasteiger partial charge in [-0.1, -0.05) is 48.0 Å². The zero-order chi connectivity index (χ0) is 77.0. The van der Waals surface area contributed by atoms with Crippen molar-refractivity contribution < 1.29 is 8.78 Å². The maximum atomic E-state index is 12.1. The molecule has 10 heterocycles. The minimum absolute atomic E-state index is 0.0509. The highest BCUT2D eigenvalue weighted by Crippen LogP contribution is 2.29. The monoisotopic (exact) mass is 1440 g/mol. The highest BCUT2D eigenvalue weighted by molar-refractivity contribution is 4.89. The summed E-state index contributed by atoms with van der Waals surface area (Å²) >= 11 is 0. The highest BCUT2D eigenvalue weighted by Gasteiger charge is 2.44. The van der Waals surface area contributed by atoms with Crippen LogP contribution in [0.25, 0.3) is 0 Å². The number of halogens is 2. The summed E-state index contributed by atoms with van der Waals surface area (Å²) in [6, 6.07) is 7.66. The van der Waals surface area contributed by atoms with E-state index < -0.39 is 5.92 Å². The summed E-state index contributed by atoms with van der Waals surface area (Å²) in [7, 11) is 13.1. The van der Waals surface area contributed by atoms with Gasteiger partial charge in [0.2, 0.25) is 0 Å². The number of hydrogen-bond donors (Lipinski definition) is 0. The molecule has 10 fully saturated rings. The zero-order valence-electron chi connectivity index (χ0n) is 73.7. The fourth-order valence-corrected chi connectivity index (χ4v) is 14.3. The molecular formula is C83H180F2N16. The summed E-state index contributed by atoms with van der Waals surface area (Å²) in [5.74, 6) is 2.34. The summed E-state index contributed by atoms with van der Waals surface area (Å²) in [5.41, 5.74) is 0. The Morgan fingerprint density at radius 3 is 0.842 bits per heavy atom. The van der Waals surface area contributed by atoms with E-state index in [2.05, 4.69) is 282 Å². The number of alkyl halides is 2. The van der Waals surface area contributed by atoms with Crippen molar-refractivity contribution in [2.45, 2.75) is 285 Å². The zero-order valence-corrected chi connectivity index (χ0v) is 73.7. The van der Waals surface area contributed by atoms with E-state index in [-0.39, 0.29) is 19.1 Å². The molecule has 101 heavy (non-hydrogen) atoms. The second-order valence-corrected chi connectivity index (χ2v) is 35.9. The molecule has 2 atom stereocenters. The molecule has 0 radical (unpaired) electrons. The van der Waals surface area contributed by atoms with Crippen LogP contribution in [0.1, 0.15) is 212 Å². The first-order valence-electron chi connectivity index (χ1n) is 42.0. The van der Waals surface area contributed by atoms with E-state index in [1.807, 2.05) is 13.8 Å². The molecule has 10 aliphatic heterocycles. The van der Waals surface area contributed by atoms with Gasteiger partial charge in [0.1, 0.15) is 0 Å². The van der Waals surface area contributed by atoms with Gasteiger partial charge in [-0.2, -0.15) is 0 Å². The molecule has 0 aromatic carbocycles. The van der Waals surface area contributed by atoms with E-state index >= 15 is 0 Å². The molecule has 10 rings (SSSR count). The van der Waals surface area contributed by atoms with Gasteiger partial charge in [-0.3, -0.25) is 44.1 Å². The Morgan fingerprint density at radius 2 is 0.614 bits per heavy atom. The van der Waals surface area contributed by atoms with E-state index in [1.165, 1.54) is 196 Å². The van der Waals surface area contributed by atoms with Crippen molar-refractivity contribution in [1.29, 1.82) is 0 Å². The summed E-state index contributed by atoms with van der Waals surface area (Å²) in [6.45, 7) is 92.4. The number of likely N-dealkylation sites (tertiary alicyclic amines) is 5. The molecule has 18 heteroatoms. The van der Waals surface area contributed by atoms with Crippen LogP contribution in [0.4, 0.5) is 8.78 Å². The normalized spacial score (nSPS) is 24.5. The Labute approximate surface area is 630 Å². The SMILES string of the molecule is CC(C)C1CCN(C)CC1.CC(C)C1CN(C(C)C)C1.CC(C)N1CC(F)(F)C1.CC(C)N1CCC(N(C)C)C1.CC(C)N1CCN(C(C)C)CC1.CC(C)N1CCN(C)CC1.CC(C)N1CCN(C)CC1.CC(C)N1CN(C)C1.CCC1CCN(C(C)C)C1.CCN1CCN(C(C)C)CC1. The van der Waals surface area contributed by atoms with Gasteiger partial charge in [0.05, 0.1) is 26.4 Å². The van der Waals surface area contributed by atoms with Crippen molar-refractivity contribution in [2.24, 2.45) is 29.6 Å². The minimum atomic E-state index is -2.40. The molecule has 0 bridgehead atoms. The molecule has 2 unspecified atom stereocenters. The first kappa shape index (κ1) is 98.2. The van der Waals surface area contributed by atoms with Crippen molar-refractivity contribution in [2.75, 3.05) is 232 Å². The average molecular weight is 1440 g/mol. The van der Waals surface area contributed by atoms with Gasteiger partial charge in [0.25, 0.3) is 5.92 Å². The average Bonchev–Trinajstić information content (AvgIpc) is 1.50. The molecule has 0 aliphatic carbocycles. The summed E-state index contributed by atoms with van der Waals surface area (Å²) in [4.78, 5) is 38.9. The molecule has 10 aliphatic rings. The van der Waals surface area contributed by atoms with E-state index in [9.17, 15) is 8.78 Å². The first-order chi connectivity index (χ1) is 47.1. The van der Waals surface area contributed by atoms with E-state index in [4.69, 9.17) is 0 Å². The topological polar surface area (TPSA) is 51.8 Å². The summed E-state index contributed by atoms with van der Waals surface area (Å²) in [5, 5.41) is 0. The molecule has 0 aromatic heterocycles. The molecule has 0 aromatic rings. The Bertz CT molecular complexity index is 1800. The van der Waals surface area contributed by atoms with E-state index in [0.717, 1.165) is 103 Å². The van der Waals surface area contributed by atoms with Crippen molar-refractivity contribution in [3.63, 3.8) is 0 Å². The number of hydrogen-bond acceptors (Lipinski definition) is 16. The van der Waals surface area contributed by atoms with Gasteiger partial charge in [-0.25, -0.2) is 8.78 Å². The van der Waals surface area contributed by atoms with Crippen LogP contribution in [0.15, 0.2) is 0 Å².